The lowest BCUT2D eigenvalue weighted by Crippen LogP contribution is -2.13. The summed E-state index contributed by atoms with van der Waals surface area (Å²) < 4.78 is 40.8. The molecule has 0 spiro atoms. The molecule has 1 aromatic carbocycles. The molecule has 0 aliphatic carbocycles. The van der Waals surface area contributed by atoms with Gasteiger partial charge in [0, 0.05) is 10.9 Å². The van der Waals surface area contributed by atoms with Crippen LogP contribution in [0.2, 0.25) is 5.02 Å². The Kier molecular flexibility index (Phi) is 4.92. The Morgan fingerprint density at radius 3 is 2.56 bits per heavy atom. The van der Waals surface area contributed by atoms with E-state index in [4.69, 9.17) is 16.3 Å². The lowest BCUT2D eigenvalue weighted by Gasteiger charge is -2.12. The van der Waals surface area contributed by atoms with E-state index in [1.165, 1.54) is 0 Å². The molecule has 0 saturated heterocycles. The summed E-state index contributed by atoms with van der Waals surface area (Å²) in [6.07, 6.45) is -5.20. The molecule has 0 N–H and O–H groups in total. The standard InChI is InChI=1S/C10H9BrClF3O/c11-6-7-2-1-3-8(12)9(7)16-5-4-10(13,14)15/h1-3H,4-6H2. The molecule has 0 bridgehead atoms. The summed E-state index contributed by atoms with van der Waals surface area (Å²) in [5.41, 5.74) is 0.731. The topological polar surface area (TPSA) is 9.23 Å². The second-order valence-corrected chi connectivity index (χ2v) is 4.04. The van der Waals surface area contributed by atoms with Crippen molar-refractivity contribution in [2.75, 3.05) is 6.61 Å². The van der Waals surface area contributed by atoms with E-state index in [2.05, 4.69) is 15.9 Å². The molecule has 0 atom stereocenters. The quantitative estimate of drug-likeness (QED) is 0.739. The van der Waals surface area contributed by atoms with Gasteiger partial charge in [-0.15, -0.1) is 0 Å². The highest BCUT2D eigenvalue weighted by Gasteiger charge is 2.27. The Morgan fingerprint density at radius 1 is 1.31 bits per heavy atom. The maximum absolute atomic E-state index is 11.9. The molecular weight excluding hydrogens is 308 g/mol. The number of alkyl halides is 4. The van der Waals surface area contributed by atoms with E-state index in [0.29, 0.717) is 16.1 Å². The number of halogens is 5. The summed E-state index contributed by atoms with van der Waals surface area (Å²) in [5, 5.41) is 0.800. The second-order valence-electron chi connectivity index (χ2n) is 3.08. The van der Waals surface area contributed by atoms with Crippen molar-refractivity contribution in [2.24, 2.45) is 0 Å². The van der Waals surface area contributed by atoms with Crippen molar-refractivity contribution >= 4 is 27.5 Å². The predicted molar refractivity (Wildman–Crippen MR) is 60.3 cm³/mol. The van der Waals surface area contributed by atoms with Crippen molar-refractivity contribution in [3.8, 4) is 5.75 Å². The average Bonchev–Trinajstić information content (AvgIpc) is 2.18. The molecule has 90 valence electrons. The first kappa shape index (κ1) is 13.6. The molecule has 6 heteroatoms. The average molecular weight is 318 g/mol. The van der Waals surface area contributed by atoms with Gasteiger partial charge in [0.25, 0.3) is 0 Å². The third kappa shape index (κ3) is 4.22. The third-order valence-corrected chi connectivity index (χ3v) is 2.73. The molecule has 0 aliphatic heterocycles. The first-order valence-corrected chi connectivity index (χ1v) is 5.97. The van der Waals surface area contributed by atoms with E-state index < -0.39 is 19.2 Å². The van der Waals surface area contributed by atoms with Crippen molar-refractivity contribution < 1.29 is 17.9 Å². The van der Waals surface area contributed by atoms with Crippen LogP contribution < -0.4 is 4.74 Å². The normalized spacial score (nSPS) is 11.6. The minimum absolute atomic E-state index is 0.310. The fraction of sp³-hybridized carbons (Fsp3) is 0.400. The van der Waals surface area contributed by atoms with Gasteiger partial charge in [-0.2, -0.15) is 13.2 Å². The van der Waals surface area contributed by atoms with Gasteiger partial charge in [-0.25, -0.2) is 0 Å². The van der Waals surface area contributed by atoms with Crippen molar-refractivity contribution in [3.63, 3.8) is 0 Å². The Morgan fingerprint density at radius 2 is 2.00 bits per heavy atom. The van der Waals surface area contributed by atoms with E-state index in [9.17, 15) is 13.2 Å². The summed E-state index contributed by atoms with van der Waals surface area (Å²) >= 11 is 9.04. The van der Waals surface area contributed by atoms with Crippen LogP contribution in [-0.2, 0) is 5.33 Å². The van der Waals surface area contributed by atoms with Gasteiger partial charge >= 0.3 is 6.18 Å². The van der Waals surface area contributed by atoms with Gasteiger partial charge in [0.15, 0.2) is 0 Å². The summed E-state index contributed by atoms with van der Waals surface area (Å²) in [7, 11) is 0. The van der Waals surface area contributed by atoms with E-state index in [0.717, 1.165) is 5.56 Å². The highest BCUT2D eigenvalue weighted by atomic mass is 79.9. The van der Waals surface area contributed by atoms with E-state index in [1.54, 1.807) is 18.2 Å². The summed E-state index contributed by atoms with van der Waals surface area (Å²) in [6, 6.07) is 5.04. The van der Waals surface area contributed by atoms with Crippen LogP contribution >= 0.6 is 27.5 Å². The molecule has 0 amide bonds. The van der Waals surface area contributed by atoms with E-state index >= 15 is 0 Å². The van der Waals surface area contributed by atoms with Gasteiger partial charge in [-0.1, -0.05) is 39.7 Å². The van der Waals surface area contributed by atoms with Gasteiger partial charge < -0.3 is 4.74 Å². The van der Waals surface area contributed by atoms with Crippen LogP contribution in [0.15, 0.2) is 18.2 Å². The van der Waals surface area contributed by atoms with Gasteiger partial charge in [-0.3, -0.25) is 0 Å². The minimum Gasteiger partial charge on any atom is -0.491 e. The molecular formula is C10H9BrClF3O. The molecule has 16 heavy (non-hydrogen) atoms. The molecule has 0 saturated carbocycles. The molecule has 1 rings (SSSR count). The summed E-state index contributed by atoms with van der Waals surface area (Å²) in [6.45, 7) is -0.423. The fourth-order valence-corrected chi connectivity index (χ4v) is 1.78. The number of para-hydroxylation sites is 1. The molecule has 1 nitrogen and oxygen atoms in total. The Labute approximate surface area is 105 Å². The van der Waals surface area contributed by atoms with Crippen LogP contribution in [0.3, 0.4) is 0 Å². The number of hydrogen-bond acceptors (Lipinski definition) is 1. The van der Waals surface area contributed by atoms with Crippen LogP contribution in [0.1, 0.15) is 12.0 Å². The Bertz CT molecular complexity index is 354. The predicted octanol–water partition coefficient (Wildman–Crippen LogP) is 4.57. The zero-order valence-electron chi connectivity index (χ0n) is 8.15. The Hall–Kier alpha value is -0.420. The Balaban J connectivity index is 2.66. The highest BCUT2D eigenvalue weighted by molar-refractivity contribution is 9.08. The van der Waals surface area contributed by atoms with E-state index in [1.807, 2.05) is 0 Å². The van der Waals surface area contributed by atoms with Crippen molar-refractivity contribution in [3.05, 3.63) is 28.8 Å². The van der Waals surface area contributed by atoms with Gasteiger partial charge in [0.2, 0.25) is 0 Å². The van der Waals surface area contributed by atoms with Crippen molar-refractivity contribution in [2.45, 2.75) is 17.9 Å². The van der Waals surface area contributed by atoms with Crippen molar-refractivity contribution in [1.82, 2.24) is 0 Å². The summed E-state index contributed by atoms with van der Waals surface area (Å²) in [5.74, 6) is 0.310. The largest absolute Gasteiger partial charge is 0.491 e. The number of hydrogen-bond donors (Lipinski definition) is 0. The van der Waals surface area contributed by atoms with Crippen LogP contribution in [0.25, 0.3) is 0 Å². The van der Waals surface area contributed by atoms with Crippen molar-refractivity contribution in [1.29, 1.82) is 0 Å². The van der Waals surface area contributed by atoms with Gasteiger partial charge in [0.1, 0.15) is 5.75 Å². The van der Waals surface area contributed by atoms with Crippen LogP contribution in [0.5, 0.6) is 5.75 Å². The first-order valence-electron chi connectivity index (χ1n) is 4.47. The third-order valence-electron chi connectivity index (χ3n) is 1.82. The first-order chi connectivity index (χ1) is 7.44. The van der Waals surface area contributed by atoms with Crippen LogP contribution in [0, 0.1) is 0 Å². The molecule has 0 aliphatic rings. The second kappa shape index (κ2) is 5.77. The zero-order valence-corrected chi connectivity index (χ0v) is 10.5. The maximum Gasteiger partial charge on any atom is 0.392 e. The van der Waals surface area contributed by atoms with Gasteiger partial charge in [-0.05, 0) is 6.07 Å². The maximum atomic E-state index is 11.9. The molecule has 0 aromatic heterocycles. The van der Waals surface area contributed by atoms with Gasteiger partial charge in [0.05, 0.1) is 18.1 Å². The van der Waals surface area contributed by atoms with Crippen LogP contribution in [0.4, 0.5) is 13.2 Å². The highest BCUT2D eigenvalue weighted by Crippen LogP contribution is 2.31. The monoisotopic (exact) mass is 316 g/mol. The van der Waals surface area contributed by atoms with Crippen LogP contribution in [-0.4, -0.2) is 12.8 Å². The molecule has 1 aromatic rings. The number of ether oxygens (including phenoxy) is 1. The zero-order chi connectivity index (χ0) is 12.2. The molecule has 0 radical (unpaired) electrons. The number of benzene rings is 1. The fourth-order valence-electron chi connectivity index (χ4n) is 1.09. The summed E-state index contributed by atoms with van der Waals surface area (Å²) in [4.78, 5) is 0. The minimum atomic E-state index is -4.21. The lowest BCUT2D eigenvalue weighted by molar-refractivity contribution is -0.139. The smallest absolute Gasteiger partial charge is 0.392 e. The molecule has 0 unspecified atom stereocenters. The number of rotatable bonds is 4. The SMILES string of the molecule is FC(F)(F)CCOc1c(Cl)cccc1CBr. The lowest BCUT2D eigenvalue weighted by atomic mass is 10.2. The molecule has 0 fully saturated rings. The van der Waals surface area contributed by atoms with E-state index in [-0.39, 0.29) is 0 Å². The molecule has 0 heterocycles.